The summed E-state index contributed by atoms with van der Waals surface area (Å²) in [5.74, 6) is 0.647. The van der Waals surface area contributed by atoms with Crippen LogP contribution in [0.25, 0.3) is 5.69 Å². The van der Waals surface area contributed by atoms with E-state index in [1.165, 1.54) is 16.4 Å². The summed E-state index contributed by atoms with van der Waals surface area (Å²) in [5, 5.41) is 20.6. The lowest BCUT2D eigenvalue weighted by Crippen LogP contribution is -2.35. The van der Waals surface area contributed by atoms with Crippen LogP contribution >= 0.6 is 11.8 Å². The van der Waals surface area contributed by atoms with Gasteiger partial charge in [0.15, 0.2) is 0 Å². The number of sulfonamides is 1. The Morgan fingerprint density at radius 1 is 1.03 bits per heavy atom. The third kappa shape index (κ3) is 4.27. The number of nitro groups is 1. The van der Waals surface area contributed by atoms with Gasteiger partial charge in [0.05, 0.1) is 20.4 Å². The molecule has 0 amide bonds. The van der Waals surface area contributed by atoms with Gasteiger partial charge in [-0.1, -0.05) is 24.6 Å². The molecule has 11 heteroatoms. The Morgan fingerprint density at radius 3 is 2.44 bits per heavy atom. The Labute approximate surface area is 190 Å². The van der Waals surface area contributed by atoms with Crippen LogP contribution in [0.1, 0.15) is 30.7 Å². The fraction of sp³-hybridized carbons (Fsp3) is 0.333. The molecule has 0 atom stereocenters. The van der Waals surface area contributed by atoms with E-state index in [4.69, 9.17) is 0 Å². The number of benzene rings is 2. The second-order valence-electron chi connectivity index (χ2n) is 7.61. The largest absolute Gasteiger partial charge is 0.284 e. The van der Waals surface area contributed by atoms with Crippen molar-refractivity contribution < 1.29 is 13.3 Å². The van der Waals surface area contributed by atoms with Crippen molar-refractivity contribution in [3.8, 4) is 5.69 Å². The molecule has 1 aromatic heterocycles. The van der Waals surface area contributed by atoms with Crippen molar-refractivity contribution >= 4 is 27.5 Å². The molecule has 1 aliphatic heterocycles. The summed E-state index contributed by atoms with van der Waals surface area (Å²) in [4.78, 5) is 11.5. The van der Waals surface area contributed by atoms with Gasteiger partial charge in [-0.3, -0.25) is 14.7 Å². The van der Waals surface area contributed by atoms with Crippen molar-refractivity contribution in [1.29, 1.82) is 0 Å². The number of nitrogens with zero attached hydrogens (tertiary/aromatic N) is 5. The summed E-state index contributed by atoms with van der Waals surface area (Å²) in [7, 11) is -3.77. The molecule has 0 aliphatic carbocycles. The smallest absolute Gasteiger partial charge is 0.274 e. The Hall–Kier alpha value is -2.76. The van der Waals surface area contributed by atoms with Crippen LogP contribution in [0, 0.1) is 24.0 Å². The molecule has 32 heavy (non-hydrogen) atoms. The van der Waals surface area contributed by atoms with Crippen LogP contribution in [0.2, 0.25) is 0 Å². The summed E-state index contributed by atoms with van der Waals surface area (Å²) < 4.78 is 29.2. The molecule has 0 radical (unpaired) electrons. The lowest BCUT2D eigenvalue weighted by atomic mass is 10.2. The predicted octanol–water partition coefficient (Wildman–Crippen LogP) is 4.12. The Morgan fingerprint density at radius 2 is 1.75 bits per heavy atom. The van der Waals surface area contributed by atoms with Crippen LogP contribution in [0.3, 0.4) is 0 Å². The first-order valence-corrected chi connectivity index (χ1v) is 12.5. The van der Waals surface area contributed by atoms with Gasteiger partial charge >= 0.3 is 0 Å². The number of rotatable bonds is 6. The van der Waals surface area contributed by atoms with E-state index in [-0.39, 0.29) is 10.6 Å². The van der Waals surface area contributed by atoms with Crippen molar-refractivity contribution in [2.45, 2.75) is 48.1 Å². The molecular weight excluding hydrogens is 450 g/mol. The second kappa shape index (κ2) is 9.00. The Balaban J connectivity index is 1.72. The van der Waals surface area contributed by atoms with Crippen LogP contribution in [-0.2, 0) is 10.0 Å². The third-order valence-electron chi connectivity index (χ3n) is 5.43. The molecule has 1 aliphatic rings. The van der Waals surface area contributed by atoms with E-state index in [0.717, 1.165) is 48.3 Å². The van der Waals surface area contributed by atoms with Gasteiger partial charge in [0, 0.05) is 19.2 Å². The van der Waals surface area contributed by atoms with Crippen molar-refractivity contribution in [1.82, 2.24) is 19.1 Å². The number of aromatic nitrogens is 3. The minimum Gasteiger partial charge on any atom is -0.274 e. The summed E-state index contributed by atoms with van der Waals surface area (Å²) in [6.45, 7) is 4.65. The lowest BCUT2D eigenvalue weighted by Gasteiger charge is -2.25. The molecule has 1 saturated heterocycles. The minimum absolute atomic E-state index is 0.0630. The van der Waals surface area contributed by atoms with Crippen molar-refractivity contribution in [3.63, 3.8) is 0 Å². The molecule has 168 valence electrons. The highest BCUT2D eigenvalue weighted by Gasteiger charge is 2.29. The lowest BCUT2D eigenvalue weighted by molar-refractivity contribution is -0.388. The van der Waals surface area contributed by atoms with Gasteiger partial charge in [-0.25, -0.2) is 8.42 Å². The normalized spacial score (nSPS) is 15.1. The van der Waals surface area contributed by atoms with Crippen molar-refractivity contribution in [2.24, 2.45) is 0 Å². The van der Waals surface area contributed by atoms with Crippen LogP contribution in [0.15, 0.2) is 57.4 Å². The molecule has 0 saturated carbocycles. The van der Waals surface area contributed by atoms with Crippen molar-refractivity contribution in [3.05, 3.63) is 64.0 Å². The molecular formula is C21H23N5O4S2. The number of hydrogen-bond acceptors (Lipinski definition) is 7. The van der Waals surface area contributed by atoms with Gasteiger partial charge in [0.2, 0.25) is 15.2 Å². The molecule has 0 N–H and O–H groups in total. The molecule has 3 aromatic rings. The highest BCUT2D eigenvalue weighted by molar-refractivity contribution is 7.99. The molecule has 9 nitrogen and oxygen atoms in total. The maximum absolute atomic E-state index is 13.0. The van der Waals surface area contributed by atoms with E-state index in [1.807, 2.05) is 42.7 Å². The van der Waals surface area contributed by atoms with E-state index >= 15 is 0 Å². The number of piperidine rings is 1. The average Bonchev–Trinajstić information content (AvgIpc) is 3.14. The zero-order valence-corrected chi connectivity index (χ0v) is 19.4. The molecule has 0 bridgehead atoms. The van der Waals surface area contributed by atoms with E-state index in [2.05, 4.69) is 10.2 Å². The quantitative estimate of drug-likeness (QED) is 0.391. The number of hydrogen-bond donors (Lipinski definition) is 0. The maximum atomic E-state index is 13.0. The van der Waals surface area contributed by atoms with E-state index in [1.54, 1.807) is 0 Å². The van der Waals surface area contributed by atoms with Gasteiger partial charge in [-0.05, 0) is 62.2 Å². The first kappa shape index (κ1) is 22.4. The zero-order valence-electron chi connectivity index (χ0n) is 17.8. The second-order valence-corrected chi connectivity index (χ2v) is 10.6. The predicted molar refractivity (Wildman–Crippen MR) is 121 cm³/mol. The minimum atomic E-state index is -3.77. The van der Waals surface area contributed by atoms with E-state index < -0.39 is 14.9 Å². The SMILES string of the molecule is Cc1ccccc1-n1c(C)nnc1Sc1ccc(S(=O)(=O)N2CCCCC2)cc1[N+](=O)[O-]. The number of aryl methyl sites for hydroxylation is 2. The van der Waals surface area contributed by atoms with E-state index in [9.17, 15) is 18.5 Å². The first-order chi connectivity index (χ1) is 15.3. The average molecular weight is 474 g/mol. The molecule has 1 fully saturated rings. The molecule has 0 spiro atoms. The monoisotopic (exact) mass is 473 g/mol. The molecule has 2 heterocycles. The Bertz CT molecular complexity index is 1270. The van der Waals surface area contributed by atoms with Gasteiger partial charge in [-0.2, -0.15) is 4.31 Å². The van der Waals surface area contributed by atoms with Gasteiger partial charge in [-0.15, -0.1) is 10.2 Å². The Kier molecular flexibility index (Phi) is 6.31. The van der Waals surface area contributed by atoms with Crippen molar-refractivity contribution in [2.75, 3.05) is 13.1 Å². The van der Waals surface area contributed by atoms with Crippen LogP contribution in [0.4, 0.5) is 5.69 Å². The summed E-state index contributed by atoms with van der Waals surface area (Å²) in [6.07, 6.45) is 2.58. The molecule has 2 aromatic carbocycles. The maximum Gasteiger partial charge on any atom is 0.284 e. The zero-order chi connectivity index (χ0) is 22.9. The van der Waals surface area contributed by atoms with Crippen LogP contribution < -0.4 is 0 Å². The van der Waals surface area contributed by atoms with Gasteiger partial charge in [0.25, 0.3) is 5.69 Å². The van der Waals surface area contributed by atoms with Gasteiger partial charge < -0.3 is 0 Å². The number of nitro benzene ring substituents is 1. The van der Waals surface area contributed by atoms with Crippen LogP contribution in [0.5, 0.6) is 0 Å². The highest BCUT2D eigenvalue weighted by Crippen LogP contribution is 2.37. The summed E-state index contributed by atoms with van der Waals surface area (Å²) in [6, 6.07) is 11.8. The van der Waals surface area contributed by atoms with E-state index in [0.29, 0.717) is 29.0 Å². The number of para-hydroxylation sites is 1. The topological polar surface area (TPSA) is 111 Å². The fourth-order valence-corrected chi connectivity index (χ4v) is 6.25. The molecule has 0 unspecified atom stereocenters. The first-order valence-electron chi connectivity index (χ1n) is 10.2. The molecule has 4 rings (SSSR count). The highest BCUT2D eigenvalue weighted by atomic mass is 32.2. The summed E-state index contributed by atoms with van der Waals surface area (Å²) in [5.41, 5.74) is 1.62. The van der Waals surface area contributed by atoms with Crippen LogP contribution in [-0.4, -0.2) is 45.5 Å². The van der Waals surface area contributed by atoms with Gasteiger partial charge in [0.1, 0.15) is 5.82 Å². The summed E-state index contributed by atoms with van der Waals surface area (Å²) >= 11 is 1.09. The fourth-order valence-electron chi connectivity index (χ4n) is 3.74. The third-order valence-corrected chi connectivity index (χ3v) is 8.34. The standard InChI is InChI=1S/C21H23N5O4S2/c1-15-8-4-5-9-18(15)25-16(2)22-23-21(25)31-20-11-10-17(14-19(20)26(27)28)32(29,30)24-12-6-3-7-13-24/h4-5,8-11,14H,3,6-7,12-13H2,1-2H3.